The number of carbonyl (C=O) groups excluding carboxylic acids is 1. The first-order chi connectivity index (χ1) is 9.06. The van der Waals surface area contributed by atoms with Gasteiger partial charge in [-0.2, -0.15) is 0 Å². The van der Waals surface area contributed by atoms with E-state index < -0.39 is 0 Å². The standard InChI is InChI=1S/C15H21N3O/c1-9(10-3-4-10)18(2)14-7-11-5-6-15(19)17-13(11)8-12(14)16/h7-10H,3-6,16H2,1-2H3,(H,17,19). The summed E-state index contributed by atoms with van der Waals surface area (Å²) >= 11 is 0. The summed E-state index contributed by atoms with van der Waals surface area (Å²) < 4.78 is 0. The Morgan fingerprint density at radius 1 is 1.37 bits per heavy atom. The number of hydrogen-bond donors (Lipinski definition) is 2. The van der Waals surface area contributed by atoms with E-state index in [1.165, 1.54) is 18.4 Å². The molecule has 0 radical (unpaired) electrons. The lowest BCUT2D eigenvalue weighted by atomic mass is 10.0. The molecule has 3 rings (SSSR count). The first kappa shape index (κ1) is 12.3. The van der Waals surface area contributed by atoms with Crippen molar-refractivity contribution in [2.24, 2.45) is 5.92 Å². The third kappa shape index (κ3) is 2.27. The number of nitrogens with two attached hydrogens (primary N) is 1. The van der Waals surface area contributed by atoms with Gasteiger partial charge in [-0.1, -0.05) is 0 Å². The zero-order valence-electron chi connectivity index (χ0n) is 11.6. The molecule has 0 aromatic heterocycles. The third-order valence-electron chi connectivity index (χ3n) is 4.44. The molecule has 1 aliphatic heterocycles. The molecule has 1 aromatic carbocycles. The third-order valence-corrected chi connectivity index (χ3v) is 4.44. The Labute approximate surface area is 114 Å². The van der Waals surface area contributed by atoms with Crippen molar-refractivity contribution in [2.75, 3.05) is 23.0 Å². The van der Waals surface area contributed by atoms with Crippen LogP contribution in [0, 0.1) is 5.92 Å². The molecule has 2 aliphatic rings. The number of rotatable bonds is 3. The molecule has 4 nitrogen and oxygen atoms in total. The predicted octanol–water partition coefficient (Wildman–Crippen LogP) is 2.39. The van der Waals surface area contributed by atoms with Crippen molar-refractivity contribution < 1.29 is 4.79 Å². The van der Waals surface area contributed by atoms with Crippen molar-refractivity contribution in [2.45, 2.75) is 38.6 Å². The van der Waals surface area contributed by atoms with Crippen LogP contribution in [0.15, 0.2) is 12.1 Å². The van der Waals surface area contributed by atoms with Crippen molar-refractivity contribution in [3.8, 4) is 0 Å². The van der Waals surface area contributed by atoms with Crippen LogP contribution in [0.25, 0.3) is 0 Å². The fourth-order valence-electron chi connectivity index (χ4n) is 2.85. The van der Waals surface area contributed by atoms with Crippen molar-refractivity contribution >= 4 is 23.0 Å². The van der Waals surface area contributed by atoms with E-state index in [0.29, 0.717) is 12.5 Å². The minimum absolute atomic E-state index is 0.0827. The lowest BCUT2D eigenvalue weighted by Crippen LogP contribution is -2.31. The minimum Gasteiger partial charge on any atom is -0.397 e. The van der Waals surface area contributed by atoms with Crippen molar-refractivity contribution in [3.63, 3.8) is 0 Å². The number of nitrogens with one attached hydrogen (secondary N) is 1. The Hall–Kier alpha value is -1.71. The second-order valence-corrected chi connectivity index (χ2v) is 5.81. The molecule has 1 amide bonds. The fraction of sp³-hybridized carbons (Fsp3) is 0.533. The molecule has 1 heterocycles. The van der Waals surface area contributed by atoms with Gasteiger partial charge >= 0.3 is 0 Å². The molecule has 4 heteroatoms. The summed E-state index contributed by atoms with van der Waals surface area (Å²) in [6.45, 7) is 2.26. The number of carbonyl (C=O) groups is 1. The van der Waals surface area contributed by atoms with E-state index in [-0.39, 0.29) is 5.91 Å². The monoisotopic (exact) mass is 259 g/mol. The molecule has 0 spiro atoms. The van der Waals surface area contributed by atoms with Crippen molar-refractivity contribution in [1.82, 2.24) is 0 Å². The van der Waals surface area contributed by atoms with Crippen LogP contribution in [0.3, 0.4) is 0 Å². The number of anilines is 3. The summed E-state index contributed by atoms with van der Waals surface area (Å²) in [5.74, 6) is 0.888. The van der Waals surface area contributed by atoms with Crippen molar-refractivity contribution in [1.29, 1.82) is 0 Å². The molecule has 3 N–H and O–H groups in total. The van der Waals surface area contributed by atoms with Crippen LogP contribution in [0.4, 0.5) is 17.1 Å². The van der Waals surface area contributed by atoms with Gasteiger partial charge in [0.1, 0.15) is 0 Å². The Bertz CT molecular complexity index is 522. The number of benzene rings is 1. The minimum atomic E-state index is 0.0827. The quantitative estimate of drug-likeness (QED) is 0.819. The van der Waals surface area contributed by atoms with Gasteiger partial charge in [0, 0.05) is 25.2 Å². The molecule has 1 atom stereocenters. The first-order valence-corrected chi connectivity index (χ1v) is 7.01. The molecule has 1 aromatic rings. The smallest absolute Gasteiger partial charge is 0.224 e. The van der Waals surface area contributed by atoms with E-state index in [4.69, 9.17) is 5.73 Å². The Kier molecular flexibility index (Phi) is 2.88. The van der Waals surface area contributed by atoms with Crippen LogP contribution in [0.5, 0.6) is 0 Å². The van der Waals surface area contributed by atoms with E-state index in [2.05, 4.69) is 30.3 Å². The molecular weight excluding hydrogens is 238 g/mol. The lowest BCUT2D eigenvalue weighted by molar-refractivity contribution is -0.116. The second-order valence-electron chi connectivity index (χ2n) is 5.81. The Morgan fingerprint density at radius 2 is 2.11 bits per heavy atom. The number of hydrogen-bond acceptors (Lipinski definition) is 3. The summed E-state index contributed by atoms with van der Waals surface area (Å²) in [4.78, 5) is 13.7. The topological polar surface area (TPSA) is 58.4 Å². The maximum absolute atomic E-state index is 11.4. The number of fused-ring (bicyclic) bond motifs is 1. The van der Waals surface area contributed by atoms with Gasteiger partial charge in [-0.25, -0.2) is 0 Å². The maximum Gasteiger partial charge on any atom is 0.224 e. The van der Waals surface area contributed by atoms with Crippen LogP contribution >= 0.6 is 0 Å². The van der Waals surface area contributed by atoms with Gasteiger partial charge in [0.05, 0.1) is 11.4 Å². The molecule has 1 unspecified atom stereocenters. The fourth-order valence-corrected chi connectivity index (χ4v) is 2.85. The van der Waals surface area contributed by atoms with Gasteiger partial charge in [0.25, 0.3) is 0 Å². The zero-order valence-corrected chi connectivity index (χ0v) is 11.6. The van der Waals surface area contributed by atoms with Crippen LogP contribution < -0.4 is 16.0 Å². The van der Waals surface area contributed by atoms with Gasteiger partial charge in [-0.15, -0.1) is 0 Å². The highest BCUT2D eigenvalue weighted by Crippen LogP contribution is 2.39. The van der Waals surface area contributed by atoms with Crippen LogP contribution in [-0.4, -0.2) is 19.0 Å². The largest absolute Gasteiger partial charge is 0.397 e. The number of aryl methyl sites for hydroxylation is 1. The molecular formula is C15H21N3O. The summed E-state index contributed by atoms with van der Waals surface area (Å²) in [6.07, 6.45) is 4.02. The maximum atomic E-state index is 11.4. The number of nitrogens with zero attached hydrogens (tertiary/aromatic N) is 1. The normalized spacial score (nSPS) is 19.6. The van der Waals surface area contributed by atoms with Crippen LogP contribution in [0.1, 0.15) is 31.7 Å². The summed E-state index contributed by atoms with van der Waals surface area (Å²) in [6, 6.07) is 4.57. The molecule has 1 fully saturated rings. The number of amides is 1. The van der Waals surface area contributed by atoms with E-state index in [9.17, 15) is 4.79 Å². The highest BCUT2D eigenvalue weighted by molar-refractivity contribution is 5.95. The van der Waals surface area contributed by atoms with Gasteiger partial charge in [-0.3, -0.25) is 4.79 Å². The van der Waals surface area contributed by atoms with Gasteiger partial charge in [0.2, 0.25) is 5.91 Å². The van der Waals surface area contributed by atoms with Crippen LogP contribution in [0.2, 0.25) is 0 Å². The van der Waals surface area contributed by atoms with Gasteiger partial charge in [-0.05, 0) is 49.8 Å². The molecule has 0 bridgehead atoms. The second kappa shape index (κ2) is 4.44. The SMILES string of the molecule is CC(C1CC1)N(C)c1cc2c(cc1N)NC(=O)CC2. The zero-order chi connectivity index (χ0) is 13.6. The van der Waals surface area contributed by atoms with E-state index in [0.717, 1.165) is 29.4 Å². The van der Waals surface area contributed by atoms with Crippen LogP contribution in [-0.2, 0) is 11.2 Å². The Balaban J connectivity index is 1.91. The highest BCUT2D eigenvalue weighted by Gasteiger charge is 2.31. The molecule has 102 valence electrons. The summed E-state index contributed by atoms with van der Waals surface area (Å²) in [5, 5.41) is 2.89. The molecule has 19 heavy (non-hydrogen) atoms. The van der Waals surface area contributed by atoms with E-state index in [1.807, 2.05) is 6.07 Å². The average molecular weight is 259 g/mol. The number of nitrogen functional groups attached to an aromatic ring is 1. The first-order valence-electron chi connectivity index (χ1n) is 7.01. The highest BCUT2D eigenvalue weighted by atomic mass is 16.1. The summed E-state index contributed by atoms with van der Waals surface area (Å²) in [5.41, 5.74) is 10.1. The van der Waals surface area contributed by atoms with Gasteiger partial charge < -0.3 is 16.0 Å². The van der Waals surface area contributed by atoms with Crippen molar-refractivity contribution in [3.05, 3.63) is 17.7 Å². The van der Waals surface area contributed by atoms with E-state index in [1.54, 1.807) is 0 Å². The van der Waals surface area contributed by atoms with E-state index >= 15 is 0 Å². The average Bonchev–Trinajstić information content (AvgIpc) is 3.20. The lowest BCUT2D eigenvalue weighted by Gasteiger charge is -2.30. The van der Waals surface area contributed by atoms with Gasteiger partial charge in [0.15, 0.2) is 0 Å². The molecule has 0 saturated heterocycles. The summed E-state index contributed by atoms with van der Waals surface area (Å²) in [7, 11) is 2.11. The Morgan fingerprint density at radius 3 is 2.79 bits per heavy atom. The molecule has 1 aliphatic carbocycles. The predicted molar refractivity (Wildman–Crippen MR) is 78.4 cm³/mol. The molecule has 1 saturated carbocycles.